The third-order valence-corrected chi connectivity index (χ3v) is 8.73. The Bertz CT molecular complexity index is 746. The number of aliphatic hydroxyl groups excluding tert-OH is 1. The Morgan fingerprint density at radius 1 is 1.30 bits per heavy atom. The Kier molecular flexibility index (Phi) is 8.56. The molecule has 1 saturated heterocycles. The zero-order chi connectivity index (χ0) is 24.3. The number of rotatable bonds is 9. The van der Waals surface area contributed by atoms with E-state index in [0.29, 0.717) is 24.9 Å². The molecule has 2 N–H and O–H groups in total. The average Bonchev–Trinajstić information content (AvgIpc) is 3.31. The van der Waals surface area contributed by atoms with Crippen LogP contribution in [0.5, 0.6) is 0 Å². The van der Waals surface area contributed by atoms with E-state index in [2.05, 4.69) is 32.6 Å². The molecule has 5 atom stereocenters. The second-order valence-electron chi connectivity index (χ2n) is 11.0. The average molecular weight is 470 g/mol. The van der Waals surface area contributed by atoms with Crippen LogP contribution in [0.4, 0.5) is 13.2 Å². The highest BCUT2D eigenvalue weighted by atomic mass is 19.4. The lowest BCUT2D eigenvalue weighted by molar-refractivity contribution is -0.253. The first-order chi connectivity index (χ1) is 15.5. The van der Waals surface area contributed by atoms with Gasteiger partial charge in [0.25, 0.3) is 0 Å². The Morgan fingerprint density at radius 3 is 2.73 bits per heavy atom. The molecule has 0 aromatic carbocycles. The van der Waals surface area contributed by atoms with Crippen LogP contribution in [0.1, 0.15) is 78.1 Å². The van der Waals surface area contributed by atoms with E-state index in [4.69, 9.17) is 0 Å². The molecular formula is C27H42F3NO2. The van der Waals surface area contributed by atoms with Gasteiger partial charge >= 0.3 is 6.18 Å². The van der Waals surface area contributed by atoms with Gasteiger partial charge in [0.05, 0.1) is 6.10 Å². The molecule has 33 heavy (non-hydrogen) atoms. The van der Waals surface area contributed by atoms with Crippen molar-refractivity contribution in [3.63, 3.8) is 0 Å². The van der Waals surface area contributed by atoms with Gasteiger partial charge in [0.1, 0.15) is 0 Å². The molecule has 0 spiro atoms. The van der Waals surface area contributed by atoms with Gasteiger partial charge in [0, 0.05) is 13.1 Å². The smallest absolute Gasteiger partial charge is 0.389 e. The van der Waals surface area contributed by atoms with E-state index in [9.17, 15) is 23.4 Å². The molecule has 188 valence electrons. The number of allylic oxidation sites excluding steroid dienone is 4. The van der Waals surface area contributed by atoms with Gasteiger partial charge in [-0.1, -0.05) is 36.3 Å². The summed E-state index contributed by atoms with van der Waals surface area (Å²) in [5.74, 6) is 1.09. The van der Waals surface area contributed by atoms with Crippen molar-refractivity contribution in [2.75, 3.05) is 19.6 Å². The van der Waals surface area contributed by atoms with Crippen LogP contribution in [0.2, 0.25) is 0 Å². The van der Waals surface area contributed by atoms with E-state index in [1.54, 1.807) is 11.0 Å². The number of fused-ring (bicyclic) bond motifs is 1. The maximum atomic E-state index is 13.1. The number of halogens is 3. The number of likely N-dealkylation sites (tertiary alicyclic amines) is 1. The van der Waals surface area contributed by atoms with Crippen molar-refractivity contribution < 1.29 is 23.4 Å². The minimum atomic E-state index is -4.55. The minimum absolute atomic E-state index is 0.216. The number of β-amino-alcohol motifs (C(OH)–C–C–N with tert-alkyl or cyclic N) is 1. The van der Waals surface area contributed by atoms with E-state index in [-0.39, 0.29) is 18.4 Å². The quantitative estimate of drug-likeness (QED) is 0.396. The molecule has 6 heteroatoms. The third kappa shape index (κ3) is 6.12. The lowest BCUT2D eigenvalue weighted by atomic mass is 9.63. The SMILES string of the molecule is C=CC(O)CCC/C(C)=C/C=C1\CCCC2(C)C1CC[C@@H]2CCN1CCC(O)(C(F)(F)F)C1. The fraction of sp³-hybridized carbons (Fsp3) is 0.778. The van der Waals surface area contributed by atoms with Crippen LogP contribution in [-0.4, -0.2) is 52.6 Å². The van der Waals surface area contributed by atoms with Crippen molar-refractivity contribution in [3.05, 3.63) is 36.0 Å². The normalized spacial score (nSPS) is 35.7. The molecule has 0 aromatic heterocycles. The van der Waals surface area contributed by atoms with Crippen LogP contribution in [0.25, 0.3) is 0 Å². The maximum Gasteiger partial charge on any atom is 0.418 e. The second-order valence-corrected chi connectivity index (χ2v) is 11.0. The molecule has 0 aromatic rings. The van der Waals surface area contributed by atoms with Crippen molar-refractivity contribution in [2.45, 2.75) is 95.9 Å². The summed E-state index contributed by atoms with van der Waals surface area (Å²) in [5.41, 5.74) is 0.542. The molecule has 2 saturated carbocycles. The first-order valence-corrected chi connectivity index (χ1v) is 12.7. The van der Waals surface area contributed by atoms with Crippen LogP contribution in [0.3, 0.4) is 0 Å². The fourth-order valence-electron chi connectivity index (χ4n) is 6.49. The van der Waals surface area contributed by atoms with Gasteiger partial charge in [0.2, 0.25) is 0 Å². The van der Waals surface area contributed by atoms with Crippen molar-refractivity contribution in [3.8, 4) is 0 Å². The van der Waals surface area contributed by atoms with Crippen LogP contribution in [-0.2, 0) is 0 Å². The summed E-state index contributed by atoms with van der Waals surface area (Å²) in [4.78, 5) is 1.80. The second kappa shape index (κ2) is 10.7. The molecule has 0 radical (unpaired) electrons. The van der Waals surface area contributed by atoms with Crippen LogP contribution in [0.15, 0.2) is 36.0 Å². The molecule has 3 nitrogen and oxygen atoms in total. The Labute approximate surface area is 197 Å². The first-order valence-electron chi connectivity index (χ1n) is 12.7. The van der Waals surface area contributed by atoms with E-state index in [1.807, 2.05) is 0 Å². The summed E-state index contributed by atoms with van der Waals surface area (Å²) >= 11 is 0. The minimum Gasteiger partial charge on any atom is -0.389 e. The van der Waals surface area contributed by atoms with E-state index >= 15 is 0 Å². The lowest BCUT2D eigenvalue weighted by Crippen LogP contribution is -2.47. The number of hydrogen-bond acceptors (Lipinski definition) is 3. The number of hydrogen-bond donors (Lipinski definition) is 2. The van der Waals surface area contributed by atoms with Crippen LogP contribution >= 0.6 is 0 Å². The van der Waals surface area contributed by atoms with Crippen molar-refractivity contribution >= 4 is 0 Å². The molecule has 0 bridgehead atoms. The largest absolute Gasteiger partial charge is 0.418 e. The first kappa shape index (κ1) is 26.5. The highest BCUT2D eigenvalue weighted by molar-refractivity contribution is 5.24. The van der Waals surface area contributed by atoms with Gasteiger partial charge in [-0.25, -0.2) is 0 Å². The number of nitrogens with zero attached hydrogens (tertiary/aromatic N) is 1. The van der Waals surface area contributed by atoms with Gasteiger partial charge < -0.3 is 10.2 Å². The molecule has 4 unspecified atom stereocenters. The predicted octanol–water partition coefficient (Wildman–Crippen LogP) is 6.18. The number of alkyl halides is 3. The third-order valence-electron chi connectivity index (χ3n) is 8.73. The summed E-state index contributed by atoms with van der Waals surface area (Å²) in [6.45, 7) is 8.83. The fourth-order valence-corrected chi connectivity index (χ4v) is 6.49. The number of aliphatic hydroxyl groups is 2. The Morgan fingerprint density at radius 2 is 2.06 bits per heavy atom. The van der Waals surface area contributed by atoms with Gasteiger partial charge in [-0.05, 0) is 94.9 Å². The highest BCUT2D eigenvalue weighted by Gasteiger charge is 2.57. The van der Waals surface area contributed by atoms with Crippen molar-refractivity contribution in [1.82, 2.24) is 4.90 Å². The summed E-state index contributed by atoms with van der Waals surface area (Å²) in [7, 11) is 0. The van der Waals surface area contributed by atoms with Gasteiger partial charge in [-0.15, -0.1) is 6.58 Å². The molecule has 3 fully saturated rings. The van der Waals surface area contributed by atoms with E-state index in [0.717, 1.165) is 44.9 Å². The van der Waals surface area contributed by atoms with Crippen molar-refractivity contribution in [1.29, 1.82) is 0 Å². The Hall–Kier alpha value is -1.11. The summed E-state index contributed by atoms with van der Waals surface area (Å²) < 4.78 is 39.4. The molecule has 3 aliphatic rings. The molecular weight excluding hydrogens is 427 g/mol. The zero-order valence-electron chi connectivity index (χ0n) is 20.3. The standard InChI is InChI=1S/C27H42F3NO2/c1-4-23(32)9-5-7-20(2)10-11-21-8-6-15-25(3)22(12-13-24(21)25)14-17-31-18-16-26(33,19-31)27(28,29)30/h4,10-11,22-24,32-33H,1,5-9,12-19H2,2-3H3/b20-10+,21-11+/t22-,23?,24?,25?,26?/m1/s1. The molecule has 2 aliphatic carbocycles. The van der Waals surface area contributed by atoms with Crippen molar-refractivity contribution in [2.24, 2.45) is 17.3 Å². The highest BCUT2D eigenvalue weighted by Crippen LogP contribution is 2.58. The van der Waals surface area contributed by atoms with E-state index in [1.165, 1.54) is 24.0 Å². The zero-order valence-corrected chi connectivity index (χ0v) is 20.3. The topological polar surface area (TPSA) is 43.7 Å². The summed E-state index contributed by atoms with van der Waals surface area (Å²) in [5, 5.41) is 19.6. The van der Waals surface area contributed by atoms with Crippen LogP contribution < -0.4 is 0 Å². The maximum absolute atomic E-state index is 13.1. The van der Waals surface area contributed by atoms with Crippen LogP contribution in [0, 0.1) is 17.3 Å². The summed E-state index contributed by atoms with van der Waals surface area (Å²) in [6, 6.07) is 0. The lowest BCUT2D eigenvalue weighted by Gasteiger charge is -2.43. The van der Waals surface area contributed by atoms with Gasteiger partial charge in [-0.2, -0.15) is 13.2 Å². The summed E-state index contributed by atoms with van der Waals surface area (Å²) in [6.07, 6.45) is 10.3. The monoisotopic (exact) mass is 469 g/mol. The Balaban J connectivity index is 1.55. The van der Waals surface area contributed by atoms with Gasteiger partial charge in [0.15, 0.2) is 5.60 Å². The van der Waals surface area contributed by atoms with Gasteiger partial charge in [-0.3, -0.25) is 4.90 Å². The van der Waals surface area contributed by atoms with E-state index < -0.39 is 17.9 Å². The predicted molar refractivity (Wildman–Crippen MR) is 127 cm³/mol. The molecule has 1 heterocycles. The molecule has 0 amide bonds. The molecule has 1 aliphatic heterocycles. The molecule has 3 rings (SSSR count).